The smallest absolute Gasteiger partial charge is 0.351 e. The van der Waals surface area contributed by atoms with Crippen LogP contribution in [0, 0.1) is 0 Å². The summed E-state index contributed by atoms with van der Waals surface area (Å²) in [5.41, 5.74) is 2.29. The van der Waals surface area contributed by atoms with Gasteiger partial charge in [0.25, 0.3) is 10.0 Å². The minimum Gasteiger partial charge on any atom is -0.484 e. The van der Waals surface area contributed by atoms with Gasteiger partial charge in [0, 0.05) is 38.8 Å². The average molecular weight is 579 g/mol. The van der Waals surface area contributed by atoms with Crippen molar-refractivity contribution in [1.29, 1.82) is 0 Å². The van der Waals surface area contributed by atoms with Gasteiger partial charge in [-0.25, -0.2) is 22.2 Å². The molecular weight excluding hydrogens is 556 g/mol. The number of carbonyl (C=O) groups is 1. The average Bonchev–Trinajstić information content (AvgIpc) is 3.54. The Morgan fingerprint density at radius 2 is 1.85 bits per heavy atom. The predicted octanol–water partition coefficient (Wildman–Crippen LogP) is 7.22. The Bertz CT molecular complexity index is 1810. The first kappa shape index (κ1) is 26.7. The first-order valence-electron chi connectivity index (χ1n) is 11.8. The molecule has 10 heteroatoms. The van der Waals surface area contributed by atoms with Crippen LogP contribution in [0.25, 0.3) is 27.6 Å². The van der Waals surface area contributed by atoms with Crippen LogP contribution in [0.5, 0.6) is 5.75 Å². The summed E-state index contributed by atoms with van der Waals surface area (Å²) in [4.78, 5) is 18.2. The van der Waals surface area contributed by atoms with Crippen LogP contribution >= 0.6 is 22.9 Å². The Balaban J connectivity index is 1.68. The molecular formula is C29H23ClN2O5S2. The van der Waals surface area contributed by atoms with Crippen molar-refractivity contribution < 1.29 is 22.7 Å². The number of ether oxygens (including phenoxy) is 2. The molecule has 3 aromatic heterocycles. The number of carbonyl (C=O) groups excluding carboxylic acids is 1. The van der Waals surface area contributed by atoms with Gasteiger partial charge in [-0.1, -0.05) is 60.7 Å². The number of thiophene rings is 1. The molecule has 1 atom stereocenters. The Kier molecular flexibility index (Phi) is 7.31. The number of aromatic nitrogens is 2. The molecule has 7 nitrogen and oxygen atoms in total. The summed E-state index contributed by atoms with van der Waals surface area (Å²) < 4.78 is 39.6. The number of fused-ring (bicyclic) bond motifs is 1. The molecule has 0 aliphatic rings. The SMILES string of the molecule is C=Cc1cnc2c(c1)c(-c1cc(OC(C)c3ccccc3Cl)c(C(=O)OC)s1)cn2S(=O)(=O)c1ccccc1. The molecule has 0 bridgehead atoms. The van der Waals surface area contributed by atoms with Crippen molar-refractivity contribution in [2.24, 2.45) is 0 Å². The summed E-state index contributed by atoms with van der Waals surface area (Å²) in [6, 6.07) is 18.9. The van der Waals surface area contributed by atoms with Crippen molar-refractivity contribution in [1.82, 2.24) is 8.96 Å². The van der Waals surface area contributed by atoms with Gasteiger partial charge in [-0.2, -0.15) is 0 Å². The van der Waals surface area contributed by atoms with Crippen LogP contribution in [0.2, 0.25) is 5.02 Å². The molecule has 0 spiro atoms. The molecule has 0 N–H and O–H groups in total. The highest BCUT2D eigenvalue weighted by Gasteiger charge is 2.27. The van der Waals surface area contributed by atoms with Gasteiger partial charge in [0.1, 0.15) is 11.9 Å². The summed E-state index contributed by atoms with van der Waals surface area (Å²) in [6.45, 7) is 5.64. The molecule has 0 fully saturated rings. The summed E-state index contributed by atoms with van der Waals surface area (Å²) >= 11 is 7.50. The third kappa shape index (κ3) is 4.96. The monoisotopic (exact) mass is 578 g/mol. The van der Waals surface area contributed by atoms with E-state index in [2.05, 4.69) is 11.6 Å². The van der Waals surface area contributed by atoms with E-state index in [1.54, 1.807) is 42.6 Å². The zero-order valence-electron chi connectivity index (χ0n) is 21.0. The lowest BCUT2D eigenvalue weighted by molar-refractivity contribution is 0.0600. The van der Waals surface area contributed by atoms with E-state index in [0.717, 1.165) is 20.9 Å². The van der Waals surface area contributed by atoms with Gasteiger partial charge < -0.3 is 9.47 Å². The second-order valence-corrected chi connectivity index (χ2v) is 11.9. The first-order chi connectivity index (χ1) is 18.7. The van der Waals surface area contributed by atoms with Gasteiger partial charge in [0.15, 0.2) is 10.5 Å². The molecule has 1 unspecified atom stereocenters. The second-order valence-electron chi connectivity index (χ2n) is 8.58. The number of benzene rings is 2. The van der Waals surface area contributed by atoms with E-state index in [4.69, 9.17) is 21.1 Å². The summed E-state index contributed by atoms with van der Waals surface area (Å²) in [7, 11) is -2.67. The molecule has 0 aliphatic heterocycles. The van der Waals surface area contributed by atoms with Crippen molar-refractivity contribution >= 4 is 56.0 Å². The maximum atomic E-state index is 13.6. The van der Waals surface area contributed by atoms with Gasteiger partial charge >= 0.3 is 5.97 Å². The molecule has 39 heavy (non-hydrogen) atoms. The van der Waals surface area contributed by atoms with Crippen LogP contribution in [0.15, 0.2) is 90.6 Å². The first-order valence-corrected chi connectivity index (χ1v) is 14.5. The molecule has 5 rings (SSSR count). The normalized spacial score (nSPS) is 12.3. The van der Waals surface area contributed by atoms with E-state index in [1.807, 2.05) is 31.2 Å². The molecule has 0 saturated heterocycles. The van der Waals surface area contributed by atoms with Crippen molar-refractivity contribution in [2.45, 2.75) is 17.9 Å². The maximum Gasteiger partial charge on any atom is 0.351 e. The highest BCUT2D eigenvalue weighted by atomic mass is 35.5. The minimum atomic E-state index is -3.96. The van der Waals surface area contributed by atoms with E-state index in [0.29, 0.717) is 32.2 Å². The standard InChI is InChI=1S/C29H23ClN2O5S2/c1-4-19-14-22-23(17-32(28(22)31-16-19)39(34,35)20-10-6-5-7-11-20)26-15-25(27(38-26)29(33)36-3)37-18(2)21-12-8-9-13-24(21)30/h4-18H,1H2,2-3H3. The molecule has 0 amide bonds. The third-order valence-corrected chi connectivity index (χ3v) is 9.29. The van der Waals surface area contributed by atoms with Crippen molar-refractivity contribution in [3.63, 3.8) is 0 Å². The second kappa shape index (κ2) is 10.7. The van der Waals surface area contributed by atoms with E-state index < -0.39 is 22.1 Å². The third-order valence-electron chi connectivity index (χ3n) is 6.15. The quantitative estimate of drug-likeness (QED) is 0.181. The lowest BCUT2D eigenvalue weighted by Gasteiger charge is -2.16. The van der Waals surface area contributed by atoms with Crippen LogP contribution in [0.4, 0.5) is 0 Å². The number of esters is 1. The number of methoxy groups -OCH3 is 1. The number of halogens is 1. The predicted molar refractivity (Wildman–Crippen MR) is 154 cm³/mol. The fraction of sp³-hybridized carbons (Fsp3) is 0.103. The van der Waals surface area contributed by atoms with Crippen LogP contribution in [0.1, 0.15) is 33.8 Å². The maximum absolute atomic E-state index is 13.6. The largest absolute Gasteiger partial charge is 0.484 e. The van der Waals surface area contributed by atoms with Crippen molar-refractivity contribution in [3.05, 3.63) is 107 Å². The topological polar surface area (TPSA) is 87.5 Å². The number of rotatable bonds is 8. The van der Waals surface area contributed by atoms with Gasteiger partial charge in [0.2, 0.25) is 0 Å². The lowest BCUT2D eigenvalue weighted by atomic mass is 10.1. The summed E-state index contributed by atoms with van der Waals surface area (Å²) in [5.74, 6) is -0.271. The fourth-order valence-electron chi connectivity index (χ4n) is 4.18. The molecule has 198 valence electrons. The van der Waals surface area contributed by atoms with E-state index in [1.165, 1.54) is 25.4 Å². The number of hydrogen-bond donors (Lipinski definition) is 0. The van der Waals surface area contributed by atoms with Crippen LogP contribution in [0.3, 0.4) is 0 Å². The highest BCUT2D eigenvalue weighted by Crippen LogP contribution is 2.42. The van der Waals surface area contributed by atoms with E-state index in [-0.39, 0.29) is 15.4 Å². The van der Waals surface area contributed by atoms with Crippen LogP contribution < -0.4 is 4.74 Å². The van der Waals surface area contributed by atoms with Crippen LogP contribution in [-0.2, 0) is 14.8 Å². The zero-order chi connectivity index (χ0) is 27.7. The molecule has 0 saturated carbocycles. The highest BCUT2D eigenvalue weighted by molar-refractivity contribution is 7.90. The molecule has 0 aliphatic carbocycles. The minimum absolute atomic E-state index is 0.127. The van der Waals surface area contributed by atoms with Crippen LogP contribution in [-0.4, -0.2) is 30.5 Å². The Morgan fingerprint density at radius 1 is 1.13 bits per heavy atom. The fourth-order valence-corrected chi connectivity index (χ4v) is 6.85. The number of nitrogens with zero attached hydrogens (tertiary/aromatic N) is 2. The lowest BCUT2D eigenvalue weighted by Crippen LogP contribution is -2.12. The Hall–Kier alpha value is -3.92. The Morgan fingerprint density at radius 3 is 2.54 bits per heavy atom. The molecule has 5 aromatic rings. The number of pyridine rings is 1. The van der Waals surface area contributed by atoms with E-state index in [9.17, 15) is 13.2 Å². The molecule has 2 aromatic carbocycles. The van der Waals surface area contributed by atoms with Gasteiger partial charge in [-0.15, -0.1) is 11.3 Å². The van der Waals surface area contributed by atoms with Gasteiger partial charge in [0.05, 0.1) is 12.0 Å². The summed E-state index contributed by atoms with van der Waals surface area (Å²) in [5, 5.41) is 1.12. The van der Waals surface area contributed by atoms with Gasteiger partial charge in [-0.3, -0.25) is 0 Å². The van der Waals surface area contributed by atoms with Crippen molar-refractivity contribution in [2.75, 3.05) is 7.11 Å². The molecule has 3 heterocycles. The number of hydrogen-bond acceptors (Lipinski definition) is 7. The van der Waals surface area contributed by atoms with E-state index >= 15 is 0 Å². The van der Waals surface area contributed by atoms with Crippen molar-refractivity contribution in [3.8, 4) is 16.2 Å². The molecule has 0 radical (unpaired) electrons. The Labute approximate surface area is 235 Å². The zero-order valence-corrected chi connectivity index (χ0v) is 23.4. The summed E-state index contributed by atoms with van der Waals surface area (Å²) in [6.07, 6.45) is 4.23. The van der Waals surface area contributed by atoms with Gasteiger partial charge in [-0.05, 0) is 42.8 Å².